The van der Waals surface area contributed by atoms with Crippen LogP contribution in [0.25, 0.3) is 0 Å². The minimum absolute atomic E-state index is 0.147. The number of rotatable bonds is 2. The van der Waals surface area contributed by atoms with Gasteiger partial charge in [0.2, 0.25) is 10.1 Å². The predicted octanol–water partition coefficient (Wildman–Crippen LogP) is 0.793. The summed E-state index contributed by atoms with van der Waals surface area (Å²) in [5.41, 5.74) is 5.39. The standard InChI is InChI=1S/C8H12N4OS/c9-8-12-11-7(14-8)6(13)10-5-3-1-2-4-5/h5H,1-4H2,(H2,9,12)(H,10,13). The number of aromatic nitrogens is 2. The second-order valence-electron chi connectivity index (χ2n) is 3.40. The van der Waals surface area contributed by atoms with Crippen molar-refractivity contribution in [2.45, 2.75) is 31.7 Å². The first kappa shape index (κ1) is 9.39. The van der Waals surface area contributed by atoms with Gasteiger partial charge in [0.25, 0.3) is 5.91 Å². The van der Waals surface area contributed by atoms with E-state index in [1.54, 1.807) is 0 Å². The Balaban J connectivity index is 1.95. The zero-order valence-electron chi connectivity index (χ0n) is 7.69. The van der Waals surface area contributed by atoms with Gasteiger partial charge in [0.05, 0.1) is 0 Å². The molecule has 1 amide bonds. The molecule has 0 spiro atoms. The molecule has 5 nitrogen and oxygen atoms in total. The van der Waals surface area contributed by atoms with E-state index in [0.717, 1.165) is 24.2 Å². The van der Waals surface area contributed by atoms with Gasteiger partial charge in [-0.15, -0.1) is 10.2 Å². The topological polar surface area (TPSA) is 80.9 Å². The first-order valence-corrected chi connectivity index (χ1v) is 5.47. The Labute approximate surface area is 85.7 Å². The van der Waals surface area contributed by atoms with Crippen LogP contribution in [0.4, 0.5) is 5.13 Å². The highest BCUT2D eigenvalue weighted by Crippen LogP contribution is 2.18. The lowest BCUT2D eigenvalue weighted by atomic mass is 10.2. The number of hydrogen-bond acceptors (Lipinski definition) is 5. The van der Waals surface area contributed by atoms with Crippen LogP contribution < -0.4 is 11.1 Å². The number of nitrogens with one attached hydrogen (secondary N) is 1. The Bertz CT molecular complexity index is 332. The Hall–Kier alpha value is -1.17. The average Bonchev–Trinajstić information content (AvgIpc) is 2.75. The van der Waals surface area contributed by atoms with Gasteiger partial charge >= 0.3 is 0 Å². The first-order valence-electron chi connectivity index (χ1n) is 4.65. The summed E-state index contributed by atoms with van der Waals surface area (Å²) in [6.45, 7) is 0. The SMILES string of the molecule is Nc1nnc(C(=O)NC2CCCC2)s1. The highest BCUT2D eigenvalue weighted by Gasteiger charge is 2.19. The van der Waals surface area contributed by atoms with Gasteiger partial charge in [-0.05, 0) is 12.8 Å². The molecule has 0 aromatic carbocycles. The molecule has 1 heterocycles. The molecule has 1 aliphatic rings. The fraction of sp³-hybridized carbons (Fsp3) is 0.625. The van der Waals surface area contributed by atoms with Crippen LogP contribution in [0.15, 0.2) is 0 Å². The van der Waals surface area contributed by atoms with Crippen molar-refractivity contribution in [2.24, 2.45) is 0 Å². The molecule has 6 heteroatoms. The van der Waals surface area contributed by atoms with Gasteiger partial charge in [-0.2, -0.15) is 0 Å². The Morgan fingerprint density at radius 2 is 2.14 bits per heavy atom. The number of carbonyl (C=O) groups is 1. The Morgan fingerprint density at radius 1 is 1.43 bits per heavy atom. The summed E-state index contributed by atoms with van der Waals surface area (Å²) in [6, 6.07) is 0.313. The molecule has 0 atom stereocenters. The van der Waals surface area contributed by atoms with E-state index in [4.69, 9.17) is 5.73 Å². The van der Waals surface area contributed by atoms with Crippen molar-refractivity contribution < 1.29 is 4.79 Å². The van der Waals surface area contributed by atoms with Crippen molar-refractivity contribution in [3.63, 3.8) is 0 Å². The van der Waals surface area contributed by atoms with E-state index in [9.17, 15) is 4.79 Å². The van der Waals surface area contributed by atoms with Crippen LogP contribution in [0.2, 0.25) is 0 Å². The van der Waals surface area contributed by atoms with Gasteiger partial charge in [-0.1, -0.05) is 24.2 Å². The molecule has 14 heavy (non-hydrogen) atoms. The van der Waals surface area contributed by atoms with Gasteiger partial charge in [0, 0.05) is 6.04 Å². The normalized spacial score (nSPS) is 17.1. The average molecular weight is 212 g/mol. The number of anilines is 1. The molecule has 0 aliphatic heterocycles. The van der Waals surface area contributed by atoms with Crippen LogP contribution in [-0.4, -0.2) is 22.1 Å². The third-order valence-corrected chi connectivity index (χ3v) is 3.08. The lowest BCUT2D eigenvalue weighted by Gasteiger charge is -2.09. The zero-order chi connectivity index (χ0) is 9.97. The van der Waals surface area contributed by atoms with Gasteiger partial charge in [0.1, 0.15) is 0 Å². The second-order valence-corrected chi connectivity index (χ2v) is 4.41. The molecule has 2 rings (SSSR count). The number of nitrogens with zero attached hydrogens (tertiary/aromatic N) is 2. The van der Waals surface area contributed by atoms with E-state index in [1.165, 1.54) is 12.8 Å². The molecular formula is C8H12N4OS. The quantitative estimate of drug-likeness (QED) is 0.759. The molecule has 1 fully saturated rings. The molecule has 0 saturated heterocycles. The largest absolute Gasteiger partial charge is 0.374 e. The van der Waals surface area contributed by atoms with Crippen LogP contribution in [0.5, 0.6) is 0 Å². The second kappa shape index (κ2) is 3.91. The number of nitrogens with two attached hydrogens (primary N) is 1. The van der Waals surface area contributed by atoms with Crippen molar-refractivity contribution in [1.82, 2.24) is 15.5 Å². The fourth-order valence-corrected chi connectivity index (χ4v) is 2.16. The van der Waals surface area contributed by atoms with Crippen LogP contribution in [0.3, 0.4) is 0 Å². The van der Waals surface area contributed by atoms with Crippen molar-refractivity contribution in [3.8, 4) is 0 Å². The van der Waals surface area contributed by atoms with Crippen molar-refractivity contribution in [3.05, 3.63) is 5.01 Å². The maximum atomic E-state index is 11.6. The monoisotopic (exact) mass is 212 g/mol. The van der Waals surface area contributed by atoms with Crippen molar-refractivity contribution in [1.29, 1.82) is 0 Å². The molecule has 1 aromatic rings. The minimum atomic E-state index is -0.147. The maximum Gasteiger partial charge on any atom is 0.282 e. The highest BCUT2D eigenvalue weighted by atomic mass is 32.1. The molecule has 1 aliphatic carbocycles. The van der Waals surface area contributed by atoms with Crippen LogP contribution in [-0.2, 0) is 0 Å². The van der Waals surface area contributed by atoms with Gasteiger partial charge in [-0.3, -0.25) is 4.79 Å². The summed E-state index contributed by atoms with van der Waals surface area (Å²) in [7, 11) is 0. The lowest BCUT2D eigenvalue weighted by Crippen LogP contribution is -2.32. The van der Waals surface area contributed by atoms with E-state index < -0.39 is 0 Å². The third-order valence-electron chi connectivity index (χ3n) is 2.33. The maximum absolute atomic E-state index is 11.6. The van der Waals surface area contributed by atoms with Gasteiger partial charge < -0.3 is 11.1 Å². The molecule has 1 saturated carbocycles. The van der Waals surface area contributed by atoms with E-state index in [1.807, 2.05) is 0 Å². The van der Waals surface area contributed by atoms with E-state index in [-0.39, 0.29) is 5.91 Å². The number of nitrogen functional groups attached to an aromatic ring is 1. The third kappa shape index (κ3) is 2.01. The predicted molar refractivity (Wildman–Crippen MR) is 54.0 cm³/mol. The highest BCUT2D eigenvalue weighted by molar-refractivity contribution is 7.16. The summed E-state index contributed by atoms with van der Waals surface area (Å²) < 4.78 is 0. The van der Waals surface area contributed by atoms with Gasteiger partial charge in [-0.25, -0.2) is 0 Å². The molecule has 0 unspecified atom stereocenters. The van der Waals surface area contributed by atoms with Crippen LogP contribution >= 0.6 is 11.3 Å². The fourth-order valence-electron chi connectivity index (χ4n) is 1.64. The number of hydrogen-bond donors (Lipinski definition) is 2. The molecule has 0 radical (unpaired) electrons. The summed E-state index contributed by atoms with van der Waals surface area (Å²) in [5, 5.41) is 10.9. The molecule has 0 bridgehead atoms. The van der Waals surface area contributed by atoms with Crippen LogP contribution in [0, 0.1) is 0 Å². The van der Waals surface area contributed by atoms with E-state index in [0.29, 0.717) is 16.2 Å². The molecule has 1 aromatic heterocycles. The minimum Gasteiger partial charge on any atom is -0.374 e. The van der Waals surface area contributed by atoms with E-state index in [2.05, 4.69) is 15.5 Å². The molecule has 76 valence electrons. The first-order chi connectivity index (χ1) is 6.75. The number of amides is 1. The van der Waals surface area contributed by atoms with Crippen molar-refractivity contribution in [2.75, 3.05) is 5.73 Å². The summed E-state index contributed by atoms with van der Waals surface area (Å²) >= 11 is 1.12. The Morgan fingerprint density at radius 3 is 2.71 bits per heavy atom. The lowest BCUT2D eigenvalue weighted by molar-refractivity contribution is 0.0937. The van der Waals surface area contributed by atoms with Crippen molar-refractivity contribution >= 4 is 22.4 Å². The zero-order valence-corrected chi connectivity index (χ0v) is 8.51. The van der Waals surface area contributed by atoms with Gasteiger partial charge in [0.15, 0.2) is 0 Å². The van der Waals surface area contributed by atoms with Crippen LogP contribution in [0.1, 0.15) is 35.5 Å². The Kier molecular flexibility index (Phi) is 2.62. The molecule has 3 N–H and O–H groups in total. The number of carbonyl (C=O) groups excluding carboxylic acids is 1. The summed E-state index contributed by atoms with van der Waals surface area (Å²) in [5.74, 6) is -0.147. The summed E-state index contributed by atoms with van der Waals surface area (Å²) in [6.07, 6.45) is 4.53. The summed E-state index contributed by atoms with van der Waals surface area (Å²) in [4.78, 5) is 11.6. The van der Waals surface area contributed by atoms with E-state index >= 15 is 0 Å². The molecular weight excluding hydrogens is 200 g/mol. The smallest absolute Gasteiger partial charge is 0.282 e.